The van der Waals surface area contributed by atoms with Gasteiger partial charge in [0.15, 0.2) is 0 Å². The van der Waals surface area contributed by atoms with Crippen LogP contribution in [0.2, 0.25) is 5.02 Å². The number of H-pyrrole nitrogens is 1. The van der Waals surface area contributed by atoms with Gasteiger partial charge >= 0.3 is 5.97 Å². The first-order valence-corrected chi connectivity index (χ1v) is 8.68. The van der Waals surface area contributed by atoms with Crippen molar-refractivity contribution in [2.75, 3.05) is 0 Å². The average Bonchev–Trinajstić information content (AvgIpc) is 3.03. The van der Waals surface area contributed by atoms with Gasteiger partial charge in [-0.15, -0.1) is 0 Å². The van der Waals surface area contributed by atoms with Gasteiger partial charge in [0.05, 0.1) is 12.5 Å². The molecule has 0 fully saturated rings. The molecular weight excluding hydrogens is 408 g/mol. The van der Waals surface area contributed by atoms with Gasteiger partial charge in [0.1, 0.15) is 23.0 Å². The van der Waals surface area contributed by atoms with Crippen molar-refractivity contribution in [1.82, 2.24) is 15.1 Å². The van der Waals surface area contributed by atoms with E-state index in [9.17, 15) is 23.2 Å². The van der Waals surface area contributed by atoms with Crippen LogP contribution in [0.3, 0.4) is 0 Å². The number of rotatable bonds is 6. The Morgan fingerprint density at radius 3 is 2.52 bits per heavy atom. The second kappa shape index (κ2) is 8.27. The van der Waals surface area contributed by atoms with Crippen LogP contribution in [-0.2, 0) is 4.79 Å². The molecule has 3 N–H and O–H groups in total. The van der Waals surface area contributed by atoms with E-state index in [1.54, 1.807) is 0 Å². The lowest BCUT2D eigenvalue weighted by Crippen LogP contribution is -2.31. The number of aliphatic carboxylic acids is 1. The number of halogens is 3. The van der Waals surface area contributed by atoms with Crippen molar-refractivity contribution in [2.45, 2.75) is 12.5 Å². The lowest BCUT2D eigenvalue weighted by molar-refractivity contribution is -0.137. The number of nitrogens with zero attached hydrogens (tertiary/aromatic N) is 1. The van der Waals surface area contributed by atoms with E-state index >= 15 is 0 Å². The first kappa shape index (κ1) is 20.3. The topological polar surface area (TPSA) is 104 Å². The predicted octanol–water partition coefficient (Wildman–Crippen LogP) is 3.04. The second-order valence-corrected chi connectivity index (χ2v) is 6.52. The molecule has 3 aromatic rings. The van der Waals surface area contributed by atoms with Gasteiger partial charge in [-0.2, -0.15) is 0 Å². The third-order valence-corrected chi connectivity index (χ3v) is 4.32. The van der Waals surface area contributed by atoms with Gasteiger partial charge in [0.25, 0.3) is 11.5 Å². The third kappa shape index (κ3) is 4.52. The summed E-state index contributed by atoms with van der Waals surface area (Å²) in [6.45, 7) is 0. The predicted molar refractivity (Wildman–Crippen MR) is 100 cm³/mol. The zero-order chi connectivity index (χ0) is 21.1. The zero-order valence-electron chi connectivity index (χ0n) is 14.7. The smallest absolute Gasteiger partial charge is 0.305 e. The molecule has 10 heteroatoms. The number of carboxylic acid groups (broad SMARTS) is 1. The summed E-state index contributed by atoms with van der Waals surface area (Å²) in [6.07, 6.45) is -0.609. The van der Waals surface area contributed by atoms with Gasteiger partial charge in [0.2, 0.25) is 0 Å². The lowest BCUT2D eigenvalue weighted by Gasteiger charge is -2.18. The molecule has 29 heavy (non-hydrogen) atoms. The van der Waals surface area contributed by atoms with Crippen LogP contribution < -0.4 is 10.9 Å². The van der Waals surface area contributed by atoms with Crippen LogP contribution in [0.4, 0.5) is 8.78 Å². The molecule has 0 saturated carbocycles. The van der Waals surface area contributed by atoms with Crippen LogP contribution in [-0.4, -0.2) is 26.8 Å². The number of amides is 1. The van der Waals surface area contributed by atoms with Crippen LogP contribution in [0.1, 0.15) is 28.5 Å². The Balaban J connectivity index is 1.91. The molecule has 1 aromatic heterocycles. The summed E-state index contributed by atoms with van der Waals surface area (Å²) in [5.41, 5.74) is -1.13. The number of hydrogen-bond acceptors (Lipinski definition) is 3. The largest absolute Gasteiger partial charge is 0.481 e. The van der Waals surface area contributed by atoms with Crippen molar-refractivity contribution in [3.05, 3.63) is 86.8 Å². The van der Waals surface area contributed by atoms with Crippen molar-refractivity contribution >= 4 is 23.5 Å². The SMILES string of the molecule is O=C(O)CC(NC(=O)c1cc(=O)n(-c2ccccc2F)[nH]1)c1ccc(Cl)cc1F. The van der Waals surface area contributed by atoms with Crippen LogP contribution in [0.5, 0.6) is 0 Å². The number of carbonyl (C=O) groups is 2. The highest BCUT2D eigenvalue weighted by atomic mass is 35.5. The fraction of sp³-hybridized carbons (Fsp3) is 0.105. The van der Waals surface area contributed by atoms with E-state index in [0.29, 0.717) is 0 Å². The molecule has 150 valence electrons. The van der Waals surface area contributed by atoms with E-state index in [1.807, 2.05) is 0 Å². The molecule has 1 heterocycles. The van der Waals surface area contributed by atoms with Crippen LogP contribution >= 0.6 is 11.6 Å². The Labute approximate surface area is 167 Å². The van der Waals surface area contributed by atoms with Crippen molar-refractivity contribution in [3.63, 3.8) is 0 Å². The fourth-order valence-electron chi connectivity index (χ4n) is 2.76. The number of carboxylic acids is 1. The van der Waals surface area contributed by atoms with E-state index in [4.69, 9.17) is 16.7 Å². The van der Waals surface area contributed by atoms with Crippen molar-refractivity contribution < 1.29 is 23.5 Å². The molecule has 0 spiro atoms. The lowest BCUT2D eigenvalue weighted by atomic mass is 10.0. The summed E-state index contributed by atoms with van der Waals surface area (Å²) in [4.78, 5) is 35.8. The number of para-hydroxylation sites is 1. The molecule has 7 nitrogen and oxygen atoms in total. The van der Waals surface area contributed by atoms with Crippen LogP contribution in [0, 0.1) is 11.6 Å². The van der Waals surface area contributed by atoms with Crippen molar-refractivity contribution in [2.24, 2.45) is 0 Å². The van der Waals surface area contributed by atoms with E-state index in [-0.39, 0.29) is 22.0 Å². The third-order valence-electron chi connectivity index (χ3n) is 4.08. The summed E-state index contributed by atoms with van der Waals surface area (Å²) in [5, 5.41) is 14.0. The Morgan fingerprint density at radius 2 is 1.86 bits per heavy atom. The number of carbonyl (C=O) groups excluding carboxylic acids is 1. The first-order chi connectivity index (χ1) is 13.8. The zero-order valence-corrected chi connectivity index (χ0v) is 15.4. The molecule has 3 rings (SSSR count). The molecule has 2 aromatic carbocycles. The molecule has 0 bridgehead atoms. The van der Waals surface area contributed by atoms with Crippen molar-refractivity contribution in [3.8, 4) is 5.69 Å². The number of nitrogens with one attached hydrogen (secondary N) is 2. The minimum atomic E-state index is -1.28. The van der Waals surface area contributed by atoms with Crippen LogP contribution in [0.25, 0.3) is 5.69 Å². The van der Waals surface area contributed by atoms with E-state index < -0.39 is 41.5 Å². The van der Waals surface area contributed by atoms with E-state index in [2.05, 4.69) is 10.4 Å². The maximum Gasteiger partial charge on any atom is 0.305 e. The number of aromatic nitrogens is 2. The minimum absolute atomic E-state index is 0.0824. The highest BCUT2D eigenvalue weighted by Gasteiger charge is 2.23. The Kier molecular flexibility index (Phi) is 5.79. The van der Waals surface area contributed by atoms with Gasteiger partial charge in [-0.1, -0.05) is 29.8 Å². The molecule has 0 aliphatic heterocycles. The highest BCUT2D eigenvalue weighted by Crippen LogP contribution is 2.23. The van der Waals surface area contributed by atoms with Gasteiger partial charge in [-0.05, 0) is 24.3 Å². The summed E-state index contributed by atoms with van der Waals surface area (Å²) in [5.74, 6) is -3.61. The molecule has 1 atom stereocenters. The summed E-state index contributed by atoms with van der Waals surface area (Å²) in [6, 6.07) is 8.76. The minimum Gasteiger partial charge on any atom is -0.481 e. The van der Waals surface area contributed by atoms with E-state index in [0.717, 1.165) is 22.9 Å². The Hall–Kier alpha value is -3.46. The van der Waals surface area contributed by atoms with Gasteiger partial charge in [-0.25, -0.2) is 13.5 Å². The summed E-state index contributed by atoms with van der Waals surface area (Å²) < 4.78 is 29.0. The summed E-state index contributed by atoms with van der Waals surface area (Å²) in [7, 11) is 0. The number of benzene rings is 2. The van der Waals surface area contributed by atoms with Gasteiger partial charge < -0.3 is 10.4 Å². The normalized spacial score (nSPS) is 11.8. The van der Waals surface area contributed by atoms with E-state index in [1.165, 1.54) is 30.3 Å². The van der Waals surface area contributed by atoms with Crippen molar-refractivity contribution in [1.29, 1.82) is 0 Å². The number of hydrogen-bond donors (Lipinski definition) is 3. The molecule has 0 saturated heterocycles. The highest BCUT2D eigenvalue weighted by molar-refractivity contribution is 6.30. The van der Waals surface area contributed by atoms with Gasteiger partial charge in [-0.3, -0.25) is 19.5 Å². The first-order valence-electron chi connectivity index (χ1n) is 8.31. The monoisotopic (exact) mass is 421 g/mol. The molecule has 0 aliphatic rings. The number of aromatic amines is 1. The molecule has 0 radical (unpaired) electrons. The fourth-order valence-corrected chi connectivity index (χ4v) is 2.92. The molecule has 0 aliphatic carbocycles. The molecule has 1 unspecified atom stereocenters. The Morgan fingerprint density at radius 1 is 1.14 bits per heavy atom. The van der Waals surface area contributed by atoms with Crippen LogP contribution in [0.15, 0.2) is 53.3 Å². The Bertz CT molecular complexity index is 1140. The molecular formula is C19H14ClF2N3O4. The summed E-state index contributed by atoms with van der Waals surface area (Å²) >= 11 is 5.70. The average molecular weight is 422 g/mol. The van der Waals surface area contributed by atoms with Gasteiger partial charge in [0, 0.05) is 16.7 Å². The standard InChI is InChI=1S/C19H14ClF2N3O4/c20-10-5-6-11(13(22)7-10)14(9-18(27)28)23-19(29)15-8-17(26)25(24-15)16-4-2-1-3-12(16)21/h1-8,14,24H,9H2,(H,23,29)(H,27,28). The maximum atomic E-state index is 14.2. The second-order valence-electron chi connectivity index (χ2n) is 6.08. The molecule has 1 amide bonds. The maximum absolute atomic E-state index is 14.2. The quantitative estimate of drug-likeness (QED) is 0.569.